The molecule has 0 fully saturated rings. The standard InChI is InChI=1S/C10H13BrO2/c11-7-4-8-12-9-13-10-5-2-1-3-6-10/h1-3,5-6H,4,7-9H2. The van der Waals surface area contributed by atoms with Gasteiger partial charge >= 0.3 is 0 Å². The Balaban J connectivity index is 2.07. The molecule has 0 heterocycles. The summed E-state index contributed by atoms with van der Waals surface area (Å²) in [5.41, 5.74) is 0. The van der Waals surface area contributed by atoms with Crippen LogP contribution in [-0.2, 0) is 4.74 Å². The molecule has 0 aromatic heterocycles. The van der Waals surface area contributed by atoms with Crippen molar-refractivity contribution in [2.75, 3.05) is 18.7 Å². The zero-order valence-corrected chi connectivity index (χ0v) is 9.00. The fourth-order valence-corrected chi connectivity index (χ4v) is 1.07. The van der Waals surface area contributed by atoms with E-state index in [0.29, 0.717) is 6.79 Å². The van der Waals surface area contributed by atoms with Crippen LogP contribution in [0, 0.1) is 0 Å². The van der Waals surface area contributed by atoms with Crippen LogP contribution in [0.5, 0.6) is 5.75 Å². The number of para-hydroxylation sites is 1. The van der Waals surface area contributed by atoms with Crippen LogP contribution in [0.1, 0.15) is 6.42 Å². The third-order valence-electron chi connectivity index (χ3n) is 1.47. The van der Waals surface area contributed by atoms with Crippen LogP contribution in [0.4, 0.5) is 0 Å². The Labute approximate surface area is 87.0 Å². The lowest BCUT2D eigenvalue weighted by Gasteiger charge is -2.05. The molecule has 0 spiro atoms. The molecule has 0 aliphatic heterocycles. The van der Waals surface area contributed by atoms with Crippen LogP contribution in [0.15, 0.2) is 30.3 Å². The molecule has 0 aliphatic rings. The maximum atomic E-state index is 5.32. The summed E-state index contributed by atoms with van der Waals surface area (Å²) in [5, 5.41) is 0.971. The predicted molar refractivity (Wildman–Crippen MR) is 56.3 cm³/mol. The summed E-state index contributed by atoms with van der Waals surface area (Å²) in [7, 11) is 0. The van der Waals surface area contributed by atoms with E-state index in [1.165, 1.54) is 0 Å². The zero-order chi connectivity index (χ0) is 9.36. The van der Waals surface area contributed by atoms with Crippen LogP contribution < -0.4 is 4.74 Å². The van der Waals surface area contributed by atoms with Gasteiger partial charge in [0, 0.05) is 5.33 Å². The van der Waals surface area contributed by atoms with Crippen molar-refractivity contribution in [1.29, 1.82) is 0 Å². The van der Waals surface area contributed by atoms with Crippen molar-refractivity contribution in [3.05, 3.63) is 30.3 Å². The number of hydrogen-bond donors (Lipinski definition) is 0. The van der Waals surface area contributed by atoms with Crippen molar-refractivity contribution in [2.24, 2.45) is 0 Å². The van der Waals surface area contributed by atoms with Gasteiger partial charge in [-0.1, -0.05) is 34.1 Å². The third kappa shape index (κ3) is 4.90. The van der Waals surface area contributed by atoms with E-state index in [4.69, 9.17) is 9.47 Å². The minimum Gasteiger partial charge on any atom is -0.468 e. The second-order valence-electron chi connectivity index (χ2n) is 2.53. The Morgan fingerprint density at radius 1 is 1.15 bits per heavy atom. The van der Waals surface area contributed by atoms with Crippen molar-refractivity contribution in [3.63, 3.8) is 0 Å². The molecule has 2 nitrogen and oxygen atoms in total. The number of alkyl halides is 1. The Hall–Kier alpha value is -0.540. The summed E-state index contributed by atoms with van der Waals surface area (Å²) in [6, 6.07) is 9.65. The van der Waals surface area contributed by atoms with Crippen molar-refractivity contribution in [1.82, 2.24) is 0 Å². The molecule has 1 aromatic carbocycles. The maximum absolute atomic E-state index is 5.32. The van der Waals surface area contributed by atoms with Gasteiger partial charge in [-0.05, 0) is 18.6 Å². The fraction of sp³-hybridized carbons (Fsp3) is 0.400. The lowest BCUT2D eigenvalue weighted by atomic mass is 10.3. The van der Waals surface area contributed by atoms with E-state index in [1.54, 1.807) is 0 Å². The second-order valence-corrected chi connectivity index (χ2v) is 3.32. The molecule has 0 radical (unpaired) electrons. The number of halogens is 1. The van der Waals surface area contributed by atoms with Gasteiger partial charge in [0.2, 0.25) is 0 Å². The SMILES string of the molecule is BrCCCOCOc1ccccc1. The highest BCUT2D eigenvalue weighted by Crippen LogP contribution is 2.07. The monoisotopic (exact) mass is 244 g/mol. The number of ether oxygens (including phenoxy) is 2. The van der Waals surface area contributed by atoms with E-state index >= 15 is 0 Å². The van der Waals surface area contributed by atoms with E-state index in [-0.39, 0.29) is 0 Å². The first-order valence-electron chi connectivity index (χ1n) is 4.25. The normalized spacial score (nSPS) is 9.92. The van der Waals surface area contributed by atoms with Gasteiger partial charge in [-0.3, -0.25) is 0 Å². The van der Waals surface area contributed by atoms with Gasteiger partial charge in [-0.15, -0.1) is 0 Å². The molecule has 0 saturated heterocycles. The molecule has 0 N–H and O–H groups in total. The van der Waals surface area contributed by atoms with Crippen molar-refractivity contribution in [3.8, 4) is 5.75 Å². The predicted octanol–water partition coefficient (Wildman–Crippen LogP) is 2.82. The Kier molecular flexibility index (Phi) is 5.61. The molecule has 1 aromatic rings. The molecule has 72 valence electrons. The number of hydrogen-bond acceptors (Lipinski definition) is 2. The first kappa shape index (κ1) is 10.5. The molecule has 0 amide bonds. The van der Waals surface area contributed by atoms with Crippen LogP contribution in [-0.4, -0.2) is 18.7 Å². The van der Waals surface area contributed by atoms with Gasteiger partial charge in [0.25, 0.3) is 0 Å². The molecule has 13 heavy (non-hydrogen) atoms. The van der Waals surface area contributed by atoms with Gasteiger partial charge in [0.05, 0.1) is 6.61 Å². The van der Waals surface area contributed by atoms with E-state index in [2.05, 4.69) is 15.9 Å². The topological polar surface area (TPSA) is 18.5 Å². The number of benzene rings is 1. The molecule has 0 atom stereocenters. The minimum absolute atomic E-state index is 0.330. The number of rotatable bonds is 6. The molecule has 3 heteroatoms. The molecule has 0 unspecified atom stereocenters. The largest absolute Gasteiger partial charge is 0.468 e. The lowest BCUT2D eigenvalue weighted by Crippen LogP contribution is -2.04. The van der Waals surface area contributed by atoms with Crippen LogP contribution >= 0.6 is 15.9 Å². The van der Waals surface area contributed by atoms with Gasteiger partial charge in [-0.25, -0.2) is 0 Å². The van der Waals surface area contributed by atoms with Crippen LogP contribution in [0.3, 0.4) is 0 Å². The van der Waals surface area contributed by atoms with Crippen LogP contribution in [0.2, 0.25) is 0 Å². The highest BCUT2D eigenvalue weighted by molar-refractivity contribution is 9.09. The molecule has 0 bridgehead atoms. The average Bonchev–Trinajstić information content (AvgIpc) is 2.19. The Bertz CT molecular complexity index is 213. The summed E-state index contributed by atoms with van der Waals surface area (Å²) >= 11 is 3.33. The lowest BCUT2D eigenvalue weighted by molar-refractivity contribution is 0.0161. The molecule has 0 aliphatic carbocycles. The van der Waals surface area contributed by atoms with Gasteiger partial charge < -0.3 is 9.47 Å². The quantitative estimate of drug-likeness (QED) is 0.436. The summed E-state index contributed by atoms with van der Waals surface area (Å²) in [5.74, 6) is 0.848. The van der Waals surface area contributed by atoms with E-state index in [9.17, 15) is 0 Å². The molecular formula is C10H13BrO2. The smallest absolute Gasteiger partial charge is 0.189 e. The molecule has 0 saturated carbocycles. The first-order chi connectivity index (χ1) is 6.43. The Morgan fingerprint density at radius 2 is 1.92 bits per heavy atom. The van der Waals surface area contributed by atoms with Gasteiger partial charge in [0.15, 0.2) is 6.79 Å². The third-order valence-corrected chi connectivity index (χ3v) is 2.04. The Morgan fingerprint density at radius 3 is 2.62 bits per heavy atom. The van der Waals surface area contributed by atoms with Gasteiger partial charge in [0.1, 0.15) is 5.75 Å². The average molecular weight is 245 g/mol. The fourth-order valence-electron chi connectivity index (χ4n) is 0.842. The summed E-state index contributed by atoms with van der Waals surface area (Å²) < 4.78 is 10.5. The highest BCUT2D eigenvalue weighted by Gasteiger charge is 1.90. The van der Waals surface area contributed by atoms with Crippen molar-refractivity contribution in [2.45, 2.75) is 6.42 Å². The van der Waals surface area contributed by atoms with Crippen molar-refractivity contribution >= 4 is 15.9 Å². The van der Waals surface area contributed by atoms with E-state index in [0.717, 1.165) is 24.1 Å². The first-order valence-corrected chi connectivity index (χ1v) is 5.37. The minimum atomic E-state index is 0.330. The highest BCUT2D eigenvalue weighted by atomic mass is 79.9. The van der Waals surface area contributed by atoms with Gasteiger partial charge in [-0.2, -0.15) is 0 Å². The van der Waals surface area contributed by atoms with E-state index < -0.39 is 0 Å². The second kappa shape index (κ2) is 6.92. The maximum Gasteiger partial charge on any atom is 0.189 e. The zero-order valence-electron chi connectivity index (χ0n) is 7.41. The molecule has 1 rings (SSSR count). The summed E-state index contributed by atoms with van der Waals surface area (Å²) in [6.45, 7) is 1.06. The molecular weight excluding hydrogens is 232 g/mol. The van der Waals surface area contributed by atoms with Crippen LogP contribution in [0.25, 0.3) is 0 Å². The summed E-state index contributed by atoms with van der Waals surface area (Å²) in [4.78, 5) is 0. The van der Waals surface area contributed by atoms with E-state index in [1.807, 2.05) is 30.3 Å². The van der Waals surface area contributed by atoms with Crippen molar-refractivity contribution < 1.29 is 9.47 Å². The summed E-state index contributed by atoms with van der Waals surface area (Å²) in [6.07, 6.45) is 1.01.